The van der Waals surface area contributed by atoms with E-state index in [1.54, 1.807) is 28.4 Å². The van der Waals surface area contributed by atoms with Crippen molar-refractivity contribution in [2.75, 3.05) is 35.0 Å². The average Bonchev–Trinajstić information content (AvgIpc) is 2.65. The predicted octanol–water partition coefficient (Wildman–Crippen LogP) is 2.13. The third-order valence-corrected chi connectivity index (χ3v) is 4.44. The molecule has 136 valence electrons. The van der Waals surface area contributed by atoms with Gasteiger partial charge in [0.2, 0.25) is 0 Å². The summed E-state index contributed by atoms with van der Waals surface area (Å²) in [5.74, 6) is 2.96. The van der Waals surface area contributed by atoms with Crippen molar-refractivity contribution in [3.8, 4) is 23.0 Å². The third-order valence-electron chi connectivity index (χ3n) is 4.44. The van der Waals surface area contributed by atoms with E-state index in [2.05, 4.69) is 23.5 Å². The van der Waals surface area contributed by atoms with Crippen molar-refractivity contribution in [3.63, 3.8) is 0 Å². The first-order chi connectivity index (χ1) is 11.7. The lowest BCUT2D eigenvalue weighted by molar-refractivity contribution is 0.352. The number of hydrogen-bond donors (Lipinski definition) is 1. The molecule has 0 spiro atoms. The minimum Gasteiger partial charge on any atom is -0.493 e. The Morgan fingerprint density at radius 1 is 0.800 bits per heavy atom. The van der Waals surface area contributed by atoms with Gasteiger partial charge in [-0.3, -0.25) is 0 Å². The van der Waals surface area contributed by atoms with Crippen molar-refractivity contribution >= 4 is 0 Å². The van der Waals surface area contributed by atoms with E-state index in [1.165, 1.54) is 11.1 Å². The highest BCUT2D eigenvalue weighted by molar-refractivity contribution is 5.53. The molecular weight excluding hydrogens is 322 g/mol. The molecule has 1 atom stereocenters. The van der Waals surface area contributed by atoms with Gasteiger partial charge in [-0.05, 0) is 47.4 Å². The molecular formula is C19H25NO5. The molecule has 0 saturated heterocycles. The summed E-state index contributed by atoms with van der Waals surface area (Å²) >= 11 is 0. The summed E-state index contributed by atoms with van der Waals surface area (Å²) in [7, 11) is 6.61. The summed E-state index contributed by atoms with van der Waals surface area (Å²) < 4.78 is 21.7. The second kappa shape index (κ2) is 8.09. The van der Waals surface area contributed by atoms with Gasteiger partial charge >= 0.3 is 0 Å². The van der Waals surface area contributed by atoms with Crippen LogP contribution in [0.4, 0.5) is 0 Å². The lowest BCUT2D eigenvalue weighted by Crippen LogP contribution is -2.30. The molecule has 0 fully saturated rings. The van der Waals surface area contributed by atoms with Crippen LogP contribution < -0.4 is 24.3 Å². The molecule has 2 aromatic rings. The molecule has 1 heterocycles. The fraction of sp³-hybridized carbons (Fsp3) is 0.368. The first-order valence-electron chi connectivity index (χ1n) is 7.92. The van der Waals surface area contributed by atoms with E-state index in [1.807, 2.05) is 12.1 Å². The Labute approximate surface area is 148 Å². The van der Waals surface area contributed by atoms with Crippen LogP contribution in [0.15, 0.2) is 30.3 Å². The van der Waals surface area contributed by atoms with Crippen LogP contribution in [0.3, 0.4) is 0 Å². The number of methoxy groups -OCH3 is 4. The maximum Gasteiger partial charge on any atom is 0.161 e. The Morgan fingerprint density at radius 3 is 2.04 bits per heavy atom. The summed E-state index contributed by atoms with van der Waals surface area (Å²) in [6, 6.07) is 10.2. The highest BCUT2D eigenvalue weighted by atomic mass is 16.5. The number of fused-ring (bicyclic) bond motifs is 1. The highest BCUT2D eigenvalue weighted by Gasteiger charge is 2.24. The molecule has 0 aliphatic carbocycles. The van der Waals surface area contributed by atoms with E-state index in [9.17, 15) is 0 Å². The molecule has 25 heavy (non-hydrogen) atoms. The van der Waals surface area contributed by atoms with Crippen LogP contribution >= 0.6 is 0 Å². The molecule has 2 aromatic carbocycles. The van der Waals surface area contributed by atoms with E-state index in [0.29, 0.717) is 0 Å². The van der Waals surface area contributed by atoms with Crippen LogP contribution in [0.5, 0.6) is 23.0 Å². The van der Waals surface area contributed by atoms with Crippen molar-refractivity contribution in [3.05, 3.63) is 47.0 Å². The summed E-state index contributed by atoms with van der Waals surface area (Å²) in [6.45, 7) is 0.904. The van der Waals surface area contributed by atoms with Crippen LogP contribution in [-0.4, -0.2) is 40.5 Å². The molecule has 0 aromatic heterocycles. The van der Waals surface area contributed by atoms with Gasteiger partial charge < -0.3 is 29.7 Å². The molecule has 3 rings (SSSR count). The summed E-state index contributed by atoms with van der Waals surface area (Å²) in [5.41, 5.74) is 3.60. The van der Waals surface area contributed by atoms with Crippen LogP contribution in [0.1, 0.15) is 22.7 Å². The van der Waals surface area contributed by atoms with E-state index in [0.717, 1.165) is 41.5 Å². The van der Waals surface area contributed by atoms with E-state index >= 15 is 0 Å². The molecule has 6 nitrogen and oxygen atoms in total. The van der Waals surface area contributed by atoms with E-state index in [-0.39, 0.29) is 11.5 Å². The molecule has 1 aliphatic heterocycles. The Bertz CT molecular complexity index is 732. The van der Waals surface area contributed by atoms with Gasteiger partial charge in [-0.2, -0.15) is 0 Å². The number of hydrogen-bond acceptors (Lipinski definition) is 5. The lowest BCUT2D eigenvalue weighted by atomic mass is 9.89. The molecule has 1 aliphatic rings. The van der Waals surface area contributed by atoms with Crippen LogP contribution in [0.2, 0.25) is 0 Å². The summed E-state index contributed by atoms with van der Waals surface area (Å²) in [4.78, 5) is 0. The normalized spacial score (nSPS) is 15.6. The van der Waals surface area contributed by atoms with Gasteiger partial charge in [0.05, 0.1) is 34.5 Å². The van der Waals surface area contributed by atoms with Gasteiger partial charge in [-0.25, -0.2) is 0 Å². The topological polar surface area (TPSA) is 80.5 Å². The summed E-state index contributed by atoms with van der Waals surface area (Å²) in [5, 5.41) is 3.58. The Hall–Kier alpha value is -2.44. The van der Waals surface area contributed by atoms with Crippen LogP contribution in [-0.2, 0) is 6.42 Å². The second-order valence-electron chi connectivity index (χ2n) is 5.66. The molecule has 0 amide bonds. The molecule has 6 heteroatoms. The van der Waals surface area contributed by atoms with Gasteiger partial charge in [0, 0.05) is 6.54 Å². The number of rotatable bonds is 5. The fourth-order valence-electron chi connectivity index (χ4n) is 3.21. The quantitative estimate of drug-likeness (QED) is 0.896. The molecule has 0 saturated carbocycles. The average molecular weight is 347 g/mol. The zero-order chi connectivity index (χ0) is 17.1. The summed E-state index contributed by atoms with van der Waals surface area (Å²) in [6.07, 6.45) is 0.958. The predicted molar refractivity (Wildman–Crippen MR) is 96.3 cm³/mol. The standard InChI is InChI=1S/C19H23NO4.H2O/c1-21-15-6-5-13(10-16(15)22-2)19-14-11-18(24-4)17(23-3)9-12(14)7-8-20-19;/h5-6,9-11,19-20H,7-8H2,1-4H3;1H2. The smallest absolute Gasteiger partial charge is 0.161 e. The monoisotopic (exact) mass is 347 g/mol. The van der Waals surface area contributed by atoms with Crippen molar-refractivity contribution in [2.45, 2.75) is 12.5 Å². The zero-order valence-corrected chi connectivity index (χ0v) is 15.0. The maximum atomic E-state index is 5.47. The van der Waals surface area contributed by atoms with E-state index in [4.69, 9.17) is 18.9 Å². The molecule has 0 bridgehead atoms. The Balaban J connectivity index is 0.00000225. The van der Waals surface area contributed by atoms with Crippen LogP contribution in [0, 0.1) is 0 Å². The fourth-order valence-corrected chi connectivity index (χ4v) is 3.21. The Kier molecular flexibility index (Phi) is 6.12. The van der Waals surface area contributed by atoms with Gasteiger partial charge in [0.15, 0.2) is 23.0 Å². The minimum absolute atomic E-state index is 0. The Morgan fingerprint density at radius 2 is 1.40 bits per heavy atom. The first kappa shape index (κ1) is 18.9. The van der Waals surface area contributed by atoms with E-state index < -0.39 is 0 Å². The second-order valence-corrected chi connectivity index (χ2v) is 5.66. The third kappa shape index (κ3) is 3.50. The maximum absolute atomic E-state index is 5.47. The van der Waals surface area contributed by atoms with Crippen molar-refractivity contribution in [2.24, 2.45) is 0 Å². The molecule has 0 radical (unpaired) electrons. The van der Waals surface area contributed by atoms with Crippen molar-refractivity contribution < 1.29 is 24.4 Å². The lowest BCUT2D eigenvalue weighted by Gasteiger charge is -2.29. The first-order valence-corrected chi connectivity index (χ1v) is 7.92. The van der Waals surface area contributed by atoms with Crippen molar-refractivity contribution in [1.29, 1.82) is 0 Å². The van der Waals surface area contributed by atoms with Gasteiger partial charge in [-0.1, -0.05) is 6.07 Å². The number of ether oxygens (including phenoxy) is 4. The number of nitrogens with one attached hydrogen (secondary N) is 1. The zero-order valence-electron chi connectivity index (χ0n) is 15.0. The largest absolute Gasteiger partial charge is 0.493 e. The van der Waals surface area contributed by atoms with Gasteiger partial charge in [0.25, 0.3) is 0 Å². The molecule has 3 N–H and O–H groups in total. The minimum atomic E-state index is 0. The molecule has 1 unspecified atom stereocenters. The van der Waals surface area contributed by atoms with Gasteiger partial charge in [-0.15, -0.1) is 0 Å². The highest BCUT2D eigenvalue weighted by Crippen LogP contribution is 2.39. The number of benzene rings is 2. The SMILES string of the molecule is COc1ccc(C2NCCc3cc(OC)c(OC)cc32)cc1OC.O. The van der Waals surface area contributed by atoms with Gasteiger partial charge in [0.1, 0.15) is 0 Å². The van der Waals surface area contributed by atoms with Crippen molar-refractivity contribution in [1.82, 2.24) is 5.32 Å². The van der Waals surface area contributed by atoms with Crippen LogP contribution in [0.25, 0.3) is 0 Å².